The van der Waals surface area contributed by atoms with Gasteiger partial charge in [-0.1, -0.05) is 23.7 Å². The van der Waals surface area contributed by atoms with Crippen LogP contribution in [-0.2, 0) is 10.0 Å². The van der Waals surface area contributed by atoms with Crippen molar-refractivity contribution in [2.75, 3.05) is 16.6 Å². The molecule has 0 atom stereocenters. The summed E-state index contributed by atoms with van der Waals surface area (Å²) in [6.07, 6.45) is 0. The third-order valence-electron chi connectivity index (χ3n) is 2.66. The summed E-state index contributed by atoms with van der Waals surface area (Å²) >= 11 is 5.72. The lowest BCUT2D eigenvalue weighted by molar-refractivity contribution is 0.601. The van der Waals surface area contributed by atoms with E-state index in [9.17, 15) is 12.8 Å². The van der Waals surface area contributed by atoms with Crippen LogP contribution in [0, 0.1) is 5.82 Å². The van der Waals surface area contributed by atoms with Gasteiger partial charge in [-0.3, -0.25) is 4.72 Å². The van der Waals surface area contributed by atoms with Crippen LogP contribution in [0.3, 0.4) is 0 Å². The number of benzene rings is 2. The largest absolute Gasteiger partial charge is 0.384 e. The summed E-state index contributed by atoms with van der Waals surface area (Å²) in [4.78, 5) is 0.0900. The van der Waals surface area contributed by atoms with Crippen LogP contribution in [0.5, 0.6) is 0 Å². The smallest absolute Gasteiger partial charge is 0.263 e. The summed E-state index contributed by atoms with van der Waals surface area (Å²) in [6, 6.07) is 10.0. The topological polar surface area (TPSA) is 58.2 Å². The maximum atomic E-state index is 13.3. The van der Waals surface area contributed by atoms with Gasteiger partial charge in [0.2, 0.25) is 0 Å². The highest BCUT2D eigenvalue weighted by Crippen LogP contribution is 2.25. The third kappa shape index (κ3) is 3.86. The standard InChI is InChI=1S/C14H14ClFN2O2S/c1-2-17-13-5-3-4-6-14(13)21(19,20)18-12-8-10(15)7-11(16)9-12/h3-9,17-18H,2H2,1H3. The molecule has 0 aromatic heterocycles. The maximum absolute atomic E-state index is 13.3. The van der Waals surface area contributed by atoms with Gasteiger partial charge < -0.3 is 5.32 Å². The lowest BCUT2D eigenvalue weighted by atomic mass is 10.3. The molecular formula is C14H14ClFN2O2S. The molecule has 0 aliphatic rings. The first-order valence-electron chi connectivity index (χ1n) is 6.24. The second kappa shape index (κ2) is 6.32. The Morgan fingerprint density at radius 2 is 1.90 bits per heavy atom. The zero-order chi connectivity index (χ0) is 15.5. The normalized spacial score (nSPS) is 11.2. The number of anilines is 2. The van der Waals surface area contributed by atoms with E-state index in [-0.39, 0.29) is 15.6 Å². The van der Waals surface area contributed by atoms with Crippen molar-refractivity contribution in [1.82, 2.24) is 0 Å². The molecule has 2 aromatic carbocycles. The molecule has 0 heterocycles. The third-order valence-corrected chi connectivity index (χ3v) is 4.32. The first-order valence-corrected chi connectivity index (χ1v) is 8.10. The number of sulfonamides is 1. The van der Waals surface area contributed by atoms with E-state index in [0.29, 0.717) is 12.2 Å². The molecule has 2 N–H and O–H groups in total. The van der Waals surface area contributed by atoms with E-state index in [1.54, 1.807) is 18.2 Å². The fourth-order valence-electron chi connectivity index (χ4n) is 1.86. The van der Waals surface area contributed by atoms with Crippen molar-refractivity contribution in [3.8, 4) is 0 Å². The van der Waals surface area contributed by atoms with E-state index >= 15 is 0 Å². The van der Waals surface area contributed by atoms with E-state index in [4.69, 9.17) is 11.6 Å². The second-order valence-corrected chi connectivity index (χ2v) is 6.38. The van der Waals surface area contributed by atoms with Gasteiger partial charge in [-0.05, 0) is 37.3 Å². The van der Waals surface area contributed by atoms with Crippen molar-refractivity contribution >= 4 is 33.0 Å². The fraction of sp³-hybridized carbons (Fsp3) is 0.143. The predicted molar refractivity (Wildman–Crippen MR) is 82.8 cm³/mol. The second-order valence-electron chi connectivity index (χ2n) is 4.29. The molecule has 2 rings (SSSR count). The van der Waals surface area contributed by atoms with Gasteiger partial charge in [0.25, 0.3) is 10.0 Å². The molecular weight excluding hydrogens is 315 g/mol. The molecule has 0 fully saturated rings. The molecule has 0 amide bonds. The average Bonchev–Trinajstić information content (AvgIpc) is 2.37. The van der Waals surface area contributed by atoms with E-state index in [0.717, 1.165) is 12.1 Å². The van der Waals surface area contributed by atoms with Crippen LogP contribution in [0.15, 0.2) is 47.4 Å². The van der Waals surface area contributed by atoms with E-state index in [1.165, 1.54) is 12.1 Å². The van der Waals surface area contributed by atoms with Gasteiger partial charge >= 0.3 is 0 Å². The van der Waals surface area contributed by atoms with Gasteiger partial charge in [-0.15, -0.1) is 0 Å². The van der Waals surface area contributed by atoms with Crippen LogP contribution in [0.1, 0.15) is 6.92 Å². The molecule has 21 heavy (non-hydrogen) atoms. The number of para-hydroxylation sites is 1. The Morgan fingerprint density at radius 1 is 1.19 bits per heavy atom. The number of hydrogen-bond donors (Lipinski definition) is 2. The van der Waals surface area contributed by atoms with Crippen molar-refractivity contribution in [2.45, 2.75) is 11.8 Å². The van der Waals surface area contributed by atoms with Gasteiger partial charge in [0.05, 0.1) is 11.4 Å². The van der Waals surface area contributed by atoms with Gasteiger partial charge in [0, 0.05) is 11.6 Å². The Kier molecular flexibility index (Phi) is 4.69. The first-order chi connectivity index (χ1) is 9.92. The molecule has 4 nitrogen and oxygen atoms in total. The Labute approximate surface area is 128 Å². The fourth-order valence-corrected chi connectivity index (χ4v) is 3.31. The highest BCUT2D eigenvalue weighted by atomic mass is 35.5. The monoisotopic (exact) mass is 328 g/mol. The molecule has 0 radical (unpaired) electrons. The molecule has 0 saturated heterocycles. The summed E-state index contributed by atoms with van der Waals surface area (Å²) < 4.78 is 40.4. The van der Waals surface area contributed by atoms with Crippen LogP contribution in [0.25, 0.3) is 0 Å². The number of halogens is 2. The van der Waals surface area contributed by atoms with Crippen molar-refractivity contribution < 1.29 is 12.8 Å². The molecule has 0 unspecified atom stereocenters. The van der Waals surface area contributed by atoms with Crippen LogP contribution in [-0.4, -0.2) is 15.0 Å². The van der Waals surface area contributed by atoms with Gasteiger partial charge in [-0.25, -0.2) is 12.8 Å². The Bertz CT molecular complexity index is 730. The number of rotatable bonds is 5. The quantitative estimate of drug-likeness (QED) is 0.879. The van der Waals surface area contributed by atoms with Crippen LogP contribution >= 0.6 is 11.6 Å². The zero-order valence-corrected chi connectivity index (χ0v) is 12.8. The molecule has 0 saturated carbocycles. The van der Waals surface area contributed by atoms with E-state index in [2.05, 4.69) is 10.0 Å². The molecule has 0 aliphatic heterocycles. The average molecular weight is 329 g/mol. The van der Waals surface area contributed by atoms with Gasteiger partial charge in [0.15, 0.2) is 0 Å². The van der Waals surface area contributed by atoms with E-state index < -0.39 is 15.8 Å². The van der Waals surface area contributed by atoms with Crippen LogP contribution in [0.2, 0.25) is 5.02 Å². The molecule has 112 valence electrons. The van der Waals surface area contributed by atoms with E-state index in [1.807, 2.05) is 6.92 Å². The SMILES string of the molecule is CCNc1ccccc1S(=O)(=O)Nc1cc(F)cc(Cl)c1. The molecule has 0 bridgehead atoms. The minimum Gasteiger partial charge on any atom is -0.384 e. The lowest BCUT2D eigenvalue weighted by Crippen LogP contribution is -2.15. The summed E-state index contributed by atoms with van der Waals surface area (Å²) in [5, 5.41) is 3.09. The van der Waals surface area contributed by atoms with Crippen LogP contribution < -0.4 is 10.0 Å². The summed E-state index contributed by atoms with van der Waals surface area (Å²) in [7, 11) is -3.84. The maximum Gasteiger partial charge on any atom is 0.263 e. The molecule has 7 heteroatoms. The highest BCUT2D eigenvalue weighted by Gasteiger charge is 2.18. The number of hydrogen-bond acceptors (Lipinski definition) is 3. The highest BCUT2D eigenvalue weighted by molar-refractivity contribution is 7.92. The molecule has 2 aromatic rings. The Morgan fingerprint density at radius 3 is 2.57 bits per heavy atom. The first kappa shape index (κ1) is 15.6. The molecule has 0 aliphatic carbocycles. The summed E-state index contributed by atoms with van der Waals surface area (Å²) in [6.45, 7) is 2.45. The minimum absolute atomic E-state index is 0.0753. The van der Waals surface area contributed by atoms with Gasteiger partial charge in [-0.2, -0.15) is 0 Å². The van der Waals surface area contributed by atoms with Crippen LogP contribution in [0.4, 0.5) is 15.8 Å². The van der Waals surface area contributed by atoms with Crippen molar-refractivity contribution in [3.63, 3.8) is 0 Å². The Balaban J connectivity index is 2.38. The minimum atomic E-state index is -3.84. The lowest BCUT2D eigenvalue weighted by Gasteiger charge is -2.13. The van der Waals surface area contributed by atoms with Crippen molar-refractivity contribution in [1.29, 1.82) is 0 Å². The number of nitrogens with one attached hydrogen (secondary N) is 2. The molecule has 0 spiro atoms. The predicted octanol–water partition coefficient (Wildman–Crippen LogP) is 3.71. The summed E-state index contributed by atoms with van der Waals surface area (Å²) in [5.41, 5.74) is 0.557. The van der Waals surface area contributed by atoms with Gasteiger partial charge in [0.1, 0.15) is 10.7 Å². The zero-order valence-electron chi connectivity index (χ0n) is 11.2. The summed E-state index contributed by atoms with van der Waals surface area (Å²) in [5.74, 6) is -0.611. The Hall–Kier alpha value is -1.79. The van der Waals surface area contributed by atoms with Crippen molar-refractivity contribution in [2.24, 2.45) is 0 Å². The van der Waals surface area contributed by atoms with Crippen molar-refractivity contribution in [3.05, 3.63) is 53.3 Å².